The fourth-order valence-electron chi connectivity index (χ4n) is 0.143. The van der Waals surface area contributed by atoms with Crippen LogP contribution in [0.15, 0.2) is 12.2 Å². The molecule has 0 rings (SSSR count). The average molecular weight is 272 g/mol. The fraction of sp³-hybridized carbons (Fsp3) is 0.333. The molecule has 1 unspecified atom stereocenters. The van der Waals surface area contributed by atoms with Gasteiger partial charge in [-0.25, -0.2) is 9.59 Å². The molecule has 0 radical (unpaired) electrons. The summed E-state index contributed by atoms with van der Waals surface area (Å²) >= 11 is 0.490. The molecule has 0 aliphatic rings. The Balaban J connectivity index is -0.000000200. The number of carbonyl (C=O) groups is 2. The van der Waals surface area contributed by atoms with Crippen molar-refractivity contribution in [2.75, 3.05) is 0 Å². The second kappa shape index (κ2) is 10.7. The van der Waals surface area contributed by atoms with E-state index in [2.05, 4.69) is 0 Å². The van der Waals surface area contributed by atoms with E-state index >= 15 is 0 Å². The van der Waals surface area contributed by atoms with Gasteiger partial charge in [-0.1, -0.05) is 0 Å². The Morgan fingerprint density at radius 1 is 1.19 bits per heavy atom. The van der Waals surface area contributed by atoms with Crippen molar-refractivity contribution in [1.82, 2.24) is 0 Å². The minimum atomic E-state index is -3.68. The Hall–Kier alpha value is 0.590. The van der Waals surface area contributed by atoms with Crippen LogP contribution in [-0.4, -0.2) is 95.1 Å². The van der Waals surface area contributed by atoms with Crippen molar-refractivity contribution in [1.29, 1.82) is 0 Å². The molecule has 16 heavy (non-hydrogen) atoms. The molecule has 0 amide bonds. The molecule has 84 valence electrons. The summed E-state index contributed by atoms with van der Waals surface area (Å²) in [5.74, 6) is -2.51. The summed E-state index contributed by atoms with van der Waals surface area (Å²) in [7, 11) is -3.68. The topological polar surface area (TPSA) is 129 Å². The third-order valence-corrected chi connectivity index (χ3v) is 3.94. The molecule has 7 nitrogen and oxygen atoms in total. The second-order valence-corrected chi connectivity index (χ2v) is 7.12. The predicted molar refractivity (Wildman–Crippen MR) is 58.3 cm³/mol. The molecular formula is C6H10Na2O7S. The van der Waals surface area contributed by atoms with Crippen LogP contribution in [-0.2, 0) is 19.7 Å². The first-order chi connectivity index (χ1) is 6.57. The van der Waals surface area contributed by atoms with Crippen molar-refractivity contribution >= 4 is 79.5 Å². The van der Waals surface area contributed by atoms with Gasteiger partial charge in [0.2, 0.25) is 0 Å². The van der Waals surface area contributed by atoms with Crippen molar-refractivity contribution in [3.63, 3.8) is 0 Å². The van der Waals surface area contributed by atoms with Crippen LogP contribution in [0.4, 0.5) is 0 Å². The second-order valence-electron chi connectivity index (χ2n) is 2.57. The summed E-state index contributed by atoms with van der Waals surface area (Å²) in [6.45, 7) is 1.47. The van der Waals surface area contributed by atoms with Crippen molar-refractivity contribution in [3.8, 4) is 0 Å². The zero-order valence-electron chi connectivity index (χ0n) is 8.11. The molecule has 0 spiro atoms. The molecule has 0 saturated carbocycles. The summed E-state index contributed by atoms with van der Waals surface area (Å²) in [6, 6.07) is 0. The third-order valence-electron chi connectivity index (χ3n) is 0.964. The van der Waals surface area contributed by atoms with Crippen LogP contribution >= 0.6 is 0 Å². The van der Waals surface area contributed by atoms with E-state index in [1.165, 1.54) is 6.92 Å². The predicted octanol–water partition coefficient (Wildman–Crippen LogP) is -1.55. The summed E-state index contributed by atoms with van der Waals surface area (Å²) in [5, 5.41) is 15.6. The standard InChI is InChI=1S/C4H4O4.C2H5O3S.2Na.H/c5-3(6)1-2-4(7)8;1-2-6(3,4)5;;;/h1-2H,(H,5,6)(H,7,8);2H,1H3,(H,3,4,5);;;. The molecule has 0 saturated heterocycles. The quantitative estimate of drug-likeness (QED) is 0.322. The Morgan fingerprint density at radius 2 is 1.38 bits per heavy atom. The van der Waals surface area contributed by atoms with Crippen LogP contribution in [0, 0.1) is 0 Å². The Kier molecular flexibility index (Phi) is 14.6. The van der Waals surface area contributed by atoms with E-state index < -0.39 is 24.6 Å². The minimum absolute atomic E-state index is 0. The molecule has 3 N–H and O–H groups in total. The number of hydrogen-bond acceptors (Lipinski definition) is 4. The van der Waals surface area contributed by atoms with Gasteiger partial charge >= 0.3 is 102 Å². The molecule has 0 bridgehead atoms. The SMILES string of the molecule is C[CH]([Na])S(=O)(=O)O.O=C(O)C=CC(=O)O.[NaH]. The molecule has 1 atom stereocenters. The van der Waals surface area contributed by atoms with E-state index in [0.29, 0.717) is 40.1 Å². The van der Waals surface area contributed by atoms with Crippen LogP contribution in [0.3, 0.4) is 0 Å². The van der Waals surface area contributed by atoms with Gasteiger partial charge < -0.3 is 10.2 Å². The van der Waals surface area contributed by atoms with E-state index in [9.17, 15) is 18.0 Å². The van der Waals surface area contributed by atoms with Crippen molar-refractivity contribution in [3.05, 3.63) is 12.2 Å². The van der Waals surface area contributed by atoms with Crippen molar-refractivity contribution in [2.45, 2.75) is 9.42 Å². The maximum atomic E-state index is 9.92. The molecule has 0 aromatic rings. The van der Waals surface area contributed by atoms with Crippen LogP contribution in [0.2, 0.25) is 0 Å². The van der Waals surface area contributed by atoms with E-state index in [1.54, 1.807) is 0 Å². The first kappa shape index (κ1) is 21.8. The normalized spacial score (nSPS) is 12.0. The van der Waals surface area contributed by atoms with E-state index in [0.717, 1.165) is 0 Å². The zero-order valence-corrected chi connectivity index (χ0v) is 10.9. The number of aliphatic carboxylic acids is 2. The molecule has 0 aromatic heterocycles. The summed E-state index contributed by atoms with van der Waals surface area (Å²) in [4.78, 5) is 19.1. The monoisotopic (exact) mass is 272 g/mol. The van der Waals surface area contributed by atoms with Crippen LogP contribution in [0.25, 0.3) is 0 Å². The van der Waals surface area contributed by atoms with Crippen LogP contribution in [0.1, 0.15) is 6.92 Å². The van der Waals surface area contributed by atoms with Gasteiger partial charge in [0.25, 0.3) is 0 Å². The van der Waals surface area contributed by atoms with Gasteiger partial charge in [-0.15, -0.1) is 0 Å². The number of rotatable bonds is 3. The summed E-state index contributed by atoms with van der Waals surface area (Å²) in [5.41, 5.74) is 0. The molecule has 10 heteroatoms. The van der Waals surface area contributed by atoms with Gasteiger partial charge in [0.1, 0.15) is 0 Å². The van der Waals surface area contributed by atoms with Crippen molar-refractivity contribution in [2.24, 2.45) is 0 Å². The Labute approximate surface area is 132 Å². The first-order valence-corrected chi connectivity index (χ1v) is 6.33. The molecule has 0 aromatic carbocycles. The average Bonchev–Trinajstić information content (AvgIpc) is 2.00. The van der Waals surface area contributed by atoms with E-state index in [4.69, 9.17) is 14.8 Å². The molecular weight excluding hydrogens is 262 g/mol. The third kappa shape index (κ3) is 20.1. The molecule has 0 heterocycles. The van der Waals surface area contributed by atoms with Crippen LogP contribution < -0.4 is 0 Å². The molecule has 0 fully saturated rings. The fourth-order valence-corrected chi connectivity index (χ4v) is 0.143. The van der Waals surface area contributed by atoms with Gasteiger partial charge in [-0.3, -0.25) is 0 Å². The Morgan fingerprint density at radius 3 is 1.44 bits per heavy atom. The molecule has 0 aliphatic heterocycles. The maximum absolute atomic E-state index is 9.92. The van der Waals surface area contributed by atoms with E-state index in [-0.39, 0.29) is 29.6 Å². The first-order valence-electron chi connectivity index (χ1n) is 3.67. The molecule has 0 aliphatic carbocycles. The number of carboxylic acid groups (broad SMARTS) is 2. The van der Waals surface area contributed by atoms with Crippen molar-refractivity contribution < 1.29 is 32.8 Å². The zero-order chi connectivity index (χ0) is 12.6. The summed E-state index contributed by atoms with van der Waals surface area (Å²) in [6.07, 6.45) is 1.12. The van der Waals surface area contributed by atoms with Gasteiger partial charge in [0, 0.05) is 12.2 Å². The number of hydrogen-bond donors (Lipinski definition) is 3. The van der Waals surface area contributed by atoms with E-state index in [1.807, 2.05) is 0 Å². The Bertz CT molecular complexity index is 330. The van der Waals surface area contributed by atoms with Crippen LogP contribution in [0.5, 0.6) is 0 Å². The van der Waals surface area contributed by atoms with Gasteiger partial charge in [0.15, 0.2) is 0 Å². The van der Waals surface area contributed by atoms with Gasteiger partial charge in [-0.2, -0.15) is 0 Å². The van der Waals surface area contributed by atoms with Gasteiger partial charge in [0.05, 0.1) is 0 Å². The summed E-state index contributed by atoms with van der Waals surface area (Å²) < 4.78 is 27.4. The van der Waals surface area contributed by atoms with Gasteiger partial charge in [-0.05, 0) is 0 Å². The number of carboxylic acids is 2.